The lowest BCUT2D eigenvalue weighted by molar-refractivity contribution is -0.125. The molecule has 0 aliphatic heterocycles. The molecular formula is C7H16N2O3. The van der Waals surface area contributed by atoms with E-state index in [1.165, 1.54) is 0 Å². The first-order valence-corrected chi connectivity index (χ1v) is 3.78. The second-order valence-corrected chi connectivity index (χ2v) is 2.62. The van der Waals surface area contributed by atoms with Gasteiger partial charge >= 0.3 is 0 Å². The standard InChI is InChI=1S/C7H16N2O3/c1-5(12-2)3-9-4-6(10)7(8)11/h5-6,9-10H,3-4H2,1-2H3,(H2,8,11). The summed E-state index contributed by atoms with van der Waals surface area (Å²) in [6.07, 6.45) is -1.06. The summed E-state index contributed by atoms with van der Waals surface area (Å²) in [6, 6.07) is 0. The minimum absolute atomic E-state index is 0.0603. The third kappa shape index (κ3) is 5.06. The number of amides is 1. The van der Waals surface area contributed by atoms with Crippen molar-refractivity contribution in [2.24, 2.45) is 5.73 Å². The Morgan fingerprint density at radius 1 is 1.67 bits per heavy atom. The maximum atomic E-state index is 10.3. The highest BCUT2D eigenvalue weighted by molar-refractivity contribution is 5.78. The van der Waals surface area contributed by atoms with Crippen LogP contribution in [0.3, 0.4) is 0 Å². The molecule has 0 radical (unpaired) electrons. The van der Waals surface area contributed by atoms with E-state index < -0.39 is 12.0 Å². The predicted octanol–water partition coefficient (Wildman–Crippen LogP) is -1.54. The Labute approximate surface area is 71.9 Å². The Bertz CT molecular complexity index is 141. The summed E-state index contributed by atoms with van der Waals surface area (Å²) in [4.78, 5) is 10.3. The fourth-order valence-electron chi connectivity index (χ4n) is 0.607. The third-order valence-corrected chi connectivity index (χ3v) is 1.50. The van der Waals surface area contributed by atoms with Gasteiger partial charge in [0.2, 0.25) is 5.91 Å². The fourth-order valence-corrected chi connectivity index (χ4v) is 0.607. The van der Waals surface area contributed by atoms with Crippen LogP contribution in [0.1, 0.15) is 6.92 Å². The van der Waals surface area contributed by atoms with E-state index in [0.717, 1.165) is 0 Å². The van der Waals surface area contributed by atoms with Gasteiger partial charge in [-0.1, -0.05) is 0 Å². The van der Waals surface area contributed by atoms with Crippen LogP contribution in [-0.4, -0.2) is 43.4 Å². The number of aliphatic hydroxyl groups excluding tert-OH is 1. The van der Waals surface area contributed by atoms with Gasteiger partial charge < -0.3 is 20.9 Å². The van der Waals surface area contributed by atoms with Gasteiger partial charge in [-0.3, -0.25) is 4.79 Å². The number of aliphatic hydroxyl groups is 1. The number of carbonyl (C=O) groups is 1. The molecule has 72 valence electrons. The number of methoxy groups -OCH3 is 1. The summed E-state index contributed by atoms with van der Waals surface area (Å²) in [6.45, 7) is 2.63. The molecule has 0 rings (SSSR count). The van der Waals surface area contributed by atoms with E-state index in [9.17, 15) is 4.79 Å². The zero-order valence-electron chi connectivity index (χ0n) is 7.41. The van der Waals surface area contributed by atoms with Crippen LogP contribution in [0.4, 0.5) is 0 Å². The highest BCUT2D eigenvalue weighted by atomic mass is 16.5. The molecule has 0 bridgehead atoms. The molecule has 2 atom stereocenters. The quantitative estimate of drug-likeness (QED) is 0.458. The van der Waals surface area contributed by atoms with Crippen LogP contribution < -0.4 is 11.1 Å². The number of ether oxygens (including phenoxy) is 1. The van der Waals surface area contributed by atoms with Crippen molar-refractivity contribution >= 4 is 5.91 Å². The first-order valence-electron chi connectivity index (χ1n) is 3.78. The molecule has 0 saturated heterocycles. The van der Waals surface area contributed by atoms with E-state index in [0.29, 0.717) is 6.54 Å². The second kappa shape index (κ2) is 5.93. The molecule has 2 unspecified atom stereocenters. The molecule has 5 heteroatoms. The van der Waals surface area contributed by atoms with Gasteiger partial charge in [0.05, 0.1) is 6.10 Å². The Balaban J connectivity index is 3.37. The van der Waals surface area contributed by atoms with Crippen LogP contribution in [-0.2, 0) is 9.53 Å². The van der Waals surface area contributed by atoms with Gasteiger partial charge in [0, 0.05) is 20.2 Å². The van der Waals surface area contributed by atoms with E-state index in [2.05, 4.69) is 5.32 Å². The molecule has 0 fully saturated rings. The molecule has 0 aliphatic carbocycles. The van der Waals surface area contributed by atoms with Crippen LogP contribution in [0, 0.1) is 0 Å². The minimum atomic E-state index is -1.12. The van der Waals surface area contributed by atoms with Gasteiger partial charge in [0.15, 0.2) is 0 Å². The van der Waals surface area contributed by atoms with Gasteiger partial charge in [0.25, 0.3) is 0 Å². The normalized spacial score (nSPS) is 15.6. The Morgan fingerprint density at radius 2 is 2.25 bits per heavy atom. The van der Waals surface area contributed by atoms with E-state index in [1.807, 2.05) is 6.92 Å². The number of carbonyl (C=O) groups excluding carboxylic acids is 1. The summed E-state index contributed by atoms with van der Waals surface area (Å²) in [5.41, 5.74) is 4.83. The lowest BCUT2D eigenvalue weighted by atomic mass is 10.3. The van der Waals surface area contributed by atoms with Crippen LogP contribution in [0.15, 0.2) is 0 Å². The van der Waals surface area contributed by atoms with Crippen molar-refractivity contribution in [1.82, 2.24) is 5.32 Å². The Morgan fingerprint density at radius 3 is 2.67 bits per heavy atom. The Kier molecular flexibility index (Phi) is 5.61. The third-order valence-electron chi connectivity index (χ3n) is 1.50. The van der Waals surface area contributed by atoms with Gasteiger partial charge in [-0.25, -0.2) is 0 Å². The Hall–Kier alpha value is -0.650. The molecule has 0 aromatic heterocycles. The van der Waals surface area contributed by atoms with Crippen molar-refractivity contribution in [2.45, 2.75) is 19.1 Å². The summed E-state index contributed by atoms with van der Waals surface area (Å²) < 4.78 is 4.93. The first-order chi connectivity index (χ1) is 5.57. The molecule has 0 spiro atoms. The number of rotatable bonds is 6. The maximum Gasteiger partial charge on any atom is 0.247 e. The van der Waals surface area contributed by atoms with Crippen molar-refractivity contribution in [3.05, 3.63) is 0 Å². The second-order valence-electron chi connectivity index (χ2n) is 2.62. The lowest BCUT2D eigenvalue weighted by Gasteiger charge is -2.12. The summed E-state index contributed by atoms with van der Waals surface area (Å²) in [5, 5.41) is 11.8. The lowest BCUT2D eigenvalue weighted by Crippen LogP contribution is -2.39. The molecule has 0 heterocycles. The van der Waals surface area contributed by atoms with Crippen LogP contribution in [0.2, 0.25) is 0 Å². The van der Waals surface area contributed by atoms with Gasteiger partial charge in [0.1, 0.15) is 6.10 Å². The highest BCUT2D eigenvalue weighted by Crippen LogP contribution is 1.84. The molecule has 1 amide bonds. The van der Waals surface area contributed by atoms with E-state index >= 15 is 0 Å². The summed E-state index contributed by atoms with van der Waals surface area (Å²) in [7, 11) is 1.59. The maximum absolute atomic E-state index is 10.3. The smallest absolute Gasteiger partial charge is 0.247 e. The number of hydrogen-bond acceptors (Lipinski definition) is 4. The number of nitrogens with one attached hydrogen (secondary N) is 1. The molecule has 0 aromatic rings. The van der Waals surface area contributed by atoms with Crippen molar-refractivity contribution in [3.8, 4) is 0 Å². The van der Waals surface area contributed by atoms with Gasteiger partial charge in [-0.2, -0.15) is 0 Å². The zero-order valence-corrected chi connectivity index (χ0v) is 7.41. The van der Waals surface area contributed by atoms with Crippen molar-refractivity contribution in [1.29, 1.82) is 0 Å². The number of hydrogen-bond donors (Lipinski definition) is 3. The molecule has 12 heavy (non-hydrogen) atoms. The predicted molar refractivity (Wildman–Crippen MR) is 44.5 cm³/mol. The van der Waals surface area contributed by atoms with E-state index in [4.69, 9.17) is 15.6 Å². The molecule has 0 aliphatic rings. The number of primary amides is 1. The average molecular weight is 176 g/mol. The number of nitrogens with two attached hydrogens (primary N) is 1. The summed E-state index contributed by atoms with van der Waals surface area (Å²) >= 11 is 0. The molecular weight excluding hydrogens is 160 g/mol. The highest BCUT2D eigenvalue weighted by Gasteiger charge is 2.09. The van der Waals surface area contributed by atoms with Crippen molar-refractivity contribution in [3.63, 3.8) is 0 Å². The first kappa shape index (κ1) is 11.4. The largest absolute Gasteiger partial charge is 0.382 e. The zero-order chi connectivity index (χ0) is 9.56. The minimum Gasteiger partial charge on any atom is -0.382 e. The molecule has 5 nitrogen and oxygen atoms in total. The van der Waals surface area contributed by atoms with Gasteiger partial charge in [-0.05, 0) is 6.92 Å². The van der Waals surface area contributed by atoms with Crippen LogP contribution >= 0.6 is 0 Å². The van der Waals surface area contributed by atoms with Crippen molar-refractivity contribution < 1.29 is 14.6 Å². The molecule has 4 N–H and O–H groups in total. The van der Waals surface area contributed by atoms with Crippen LogP contribution in [0.25, 0.3) is 0 Å². The van der Waals surface area contributed by atoms with Crippen LogP contribution in [0.5, 0.6) is 0 Å². The van der Waals surface area contributed by atoms with Crippen molar-refractivity contribution in [2.75, 3.05) is 20.2 Å². The van der Waals surface area contributed by atoms with E-state index in [1.54, 1.807) is 7.11 Å². The van der Waals surface area contributed by atoms with E-state index in [-0.39, 0.29) is 12.6 Å². The topological polar surface area (TPSA) is 84.6 Å². The molecule has 0 aromatic carbocycles. The molecule has 0 saturated carbocycles. The van der Waals surface area contributed by atoms with Gasteiger partial charge in [-0.15, -0.1) is 0 Å². The average Bonchev–Trinajstić information content (AvgIpc) is 2.03. The SMILES string of the molecule is COC(C)CNCC(O)C(N)=O. The fraction of sp³-hybridized carbons (Fsp3) is 0.857. The monoisotopic (exact) mass is 176 g/mol. The summed E-state index contributed by atoms with van der Waals surface area (Å²) in [5.74, 6) is -0.715.